The highest BCUT2D eigenvalue weighted by Crippen LogP contribution is 2.32. The molecule has 8 heteroatoms. The van der Waals surface area contributed by atoms with E-state index >= 15 is 0 Å². The number of tetrazole rings is 1. The summed E-state index contributed by atoms with van der Waals surface area (Å²) in [6.45, 7) is -0.0481. The first kappa shape index (κ1) is 17.4. The van der Waals surface area contributed by atoms with Crippen molar-refractivity contribution in [2.75, 3.05) is 7.05 Å². The molecule has 3 rings (SSSR count). The highest BCUT2D eigenvalue weighted by molar-refractivity contribution is 6.30. The molecule has 1 saturated carbocycles. The molecule has 0 bridgehead atoms. The van der Waals surface area contributed by atoms with Crippen molar-refractivity contribution in [1.82, 2.24) is 25.1 Å². The molecule has 0 unspecified atom stereocenters. The molecule has 1 fully saturated rings. The van der Waals surface area contributed by atoms with Gasteiger partial charge in [-0.15, -0.1) is 10.2 Å². The molecule has 1 aliphatic carbocycles. The summed E-state index contributed by atoms with van der Waals surface area (Å²) in [6.07, 6.45) is 4.46. The smallest absolute Gasteiger partial charge is 0.247 e. The zero-order chi connectivity index (χ0) is 17.9. The van der Waals surface area contributed by atoms with Gasteiger partial charge in [-0.1, -0.05) is 43.0 Å². The van der Waals surface area contributed by atoms with Gasteiger partial charge in [0, 0.05) is 17.6 Å². The molecule has 0 saturated heterocycles. The van der Waals surface area contributed by atoms with E-state index in [-0.39, 0.29) is 12.5 Å². The maximum absolute atomic E-state index is 12.6. The summed E-state index contributed by atoms with van der Waals surface area (Å²) in [6, 6.07) is 9.48. The predicted molar refractivity (Wildman–Crippen MR) is 92.5 cm³/mol. The van der Waals surface area contributed by atoms with Gasteiger partial charge in [-0.2, -0.15) is 10.1 Å². The summed E-state index contributed by atoms with van der Waals surface area (Å²) >= 11 is 5.97. The summed E-state index contributed by atoms with van der Waals surface area (Å²) in [5, 5.41) is 22.3. The molecule has 1 aromatic heterocycles. The van der Waals surface area contributed by atoms with Gasteiger partial charge in [-0.05, 0) is 30.2 Å². The predicted octanol–water partition coefficient (Wildman–Crippen LogP) is 2.68. The summed E-state index contributed by atoms with van der Waals surface area (Å²) in [7, 11) is 1.69. The zero-order valence-electron chi connectivity index (χ0n) is 14.0. The van der Waals surface area contributed by atoms with E-state index in [1.807, 2.05) is 6.07 Å². The van der Waals surface area contributed by atoms with Crippen molar-refractivity contribution < 1.29 is 4.79 Å². The van der Waals surface area contributed by atoms with Crippen molar-refractivity contribution >= 4 is 17.5 Å². The first-order valence-electron chi connectivity index (χ1n) is 8.26. The Balaban J connectivity index is 1.72. The normalized spacial score (nSPS) is 16.2. The van der Waals surface area contributed by atoms with E-state index in [0.717, 1.165) is 24.8 Å². The van der Waals surface area contributed by atoms with Crippen LogP contribution in [0.25, 0.3) is 11.4 Å². The van der Waals surface area contributed by atoms with E-state index in [4.69, 9.17) is 11.6 Å². The second-order valence-corrected chi connectivity index (χ2v) is 6.75. The lowest BCUT2D eigenvalue weighted by molar-refractivity contribution is -0.136. The number of benzene rings is 1. The third kappa shape index (κ3) is 3.64. The maximum Gasteiger partial charge on any atom is 0.247 e. The van der Waals surface area contributed by atoms with Crippen LogP contribution in [0.5, 0.6) is 0 Å². The van der Waals surface area contributed by atoms with Crippen LogP contribution in [0.4, 0.5) is 0 Å². The largest absolute Gasteiger partial charge is 0.325 e. The van der Waals surface area contributed by atoms with Crippen molar-refractivity contribution in [3.05, 3.63) is 29.3 Å². The Morgan fingerprint density at radius 1 is 1.40 bits per heavy atom. The molecule has 0 N–H and O–H groups in total. The Morgan fingerprint density at radius 3 is 2.84 bits per heavy atom. The van der Waals surface area contributed by atoms with Crippen LogP contribution in [0.15, 0.2) is 24.3 Å². The topological polar surface area (TPSA) is 87.7 Å². The monoisotopic (exact) mass is 358 g/mol. The minimum Gasteiger partial charge on any atom is -0.325 e. The number of rotatable bonds is 4. The van der Waals surface area contributed by atoms with Crippen molar-refractivity contribution in [1.29, 1.82) is 5.26 Å². The highest BCUT2D eigenvalue weighted by atomic mass is 35.5. The molecule has 25 heavy (non-hydrogen) atoms. The van der Waals surface area contributed by atoms with Crippen LogP contribution in [0.2, 0.25) is 5.02 Å². The van der Waals surface area contributed by atoms with Gasteiger partial charge in [0.15, 0.2) is 0 Å². The minimum absolute atomic E-state index is 0.0481. The molecule has 0 radical (unpaired) electrons. The fourth-order valence-corrected chi connectivity index (χ4v) is 3.37. The minimum atomic E-state index is -0.717. The van der Waals surface area contributed by atoms with Gasteiger partial charge in [0.2, 0.25) is 11.7 Å². The maximum atomic E-state index is 12.6. The third-order valence-electron chi connectivity index (χ3n) is 4.72. The lowest BCUT2D eigenvalue weighted by atomic mass is 9.81. The Bertz CT molecular complexity index is 805. The summed E-state index contributed by atoms with van der Waals surface area (Å²) in [5.74, 6) is 0.212. The molecule has 7 nitrogen and oxygen atoms in total. The summed E-state index contributed by atoms with van der Waals surface area (Å²) < 4.78 is 0. The number of hydrogen-bond donors (Lipinski definition) is 0. The van der Waals surface area contributed by atoms with Crippen LogP contribution >= 0.6 is 11.6 Å². The molecule has 1 heterocycles. The van der Waals surface area contributed by atoms with E-state index < -0.39 is 5.54 Å². The van der Waals surface area contributed by atoms with Crippen LogP contribution in [-0.2, 0) is 11.3 Å². The fourth-order valence-electron chi connectivity index (χ4n) is 3.18. The molecule has 0 atom stereocenters. The zero-order valence-corrected chi connectivity index (χ0v) is 14.8. The standard InChI is InChI=1S/C17H19ClN6O/c1-23(17(12-19)8-3-2-4-9-17)15(25)11-24-21-16(20-22-24)13-6-5-7-14(18)10-13/h5-7,10H,2-4,8-9,11H2,1H3. The van der Waals surface area contributed by atoms with Gasteiger partial charge >= 0.3 is 0 Å². The lowest BCUT2D eigenvalue weighted by Crippen LogP contribution is -2.50. The molecule has 0 aliphatic heterocycles. The molecular weight excluding hydrogens is 340 g/mol. The van der Waals surface area contributed by atoms with Gasteiger partial charge in [0.1, 0.15) is 12.1 Å². The number of aromatic nitrogens is 4. The number of hydrogen-bond acceptors (Lipinski definition) is 5. The number of nitriles is 1. The van der Waals surface area contributed by atoms with Crippen LogP contribution in [0.3, 0.4) is 0 Å². The molecule has 1 aromatic carbocycles. The first-order valence-corrected chi connectivity index (χ1v) is 8.63. The van der Waals surface area contributed by atoms with Crippen LogP contribution in [-0.4, -0.2) is 43.6 Å². The second kappa shape index (κ2) is 7.19. The van der Waals surface area contributed by atoms with Crippen LogP contribution in [0, 0.1) is 11.3 Å². The van der Waals surface area contributed by atoms with Gasteiger partial charge in [0.25, 0.3) is 0 Å². The van der Waals surface area contributed by atoms with Gasteiger partial charge < -0.3 is 4.90 Å². The highest BCUT2D eigenvalue weighted by Gasteiger charge is 2.38. The number of amides is 1. The van der Waals surface area contributed by atoms with Gasteiger partial charge in [-0.3, -0.25) is 4.79 Å². The van der Waals surface area contributed by atoms with Crippen molar-refractivity contribution in [3.8, 4) is 17.5 Å². The first-order chi connectivity index (χ1) is 12.0. The average molecular weight is 359 g/mol. The number of nitrogens with zero attached hydrogens (tertiary/aromatic N) is 6. The van der Waals surface area contributed by atoms with E-state index in [1.54, 1.807) is 30.1 Å². The number of carbonyl (C=O) groups excluding carboxylic acids is 1. The third-order valence-corrected chi connectivity index (χ3v) is 4.95. The van der Waals surface area contributed by atoms with Crippen molar-refractivity contribution in [2.45, 2.75) is 44.2 Å². The Morgan fingerprint density at radius 2 is 2.16 bits per heavy atom. The molecule has 0 spiro atoms. The van der Waals surface area contributed by atoms with Crippen LogP contribution in [0.1, 0.15) is 32.1 Å². The molecule has 1 amide bonds. The quantitative estimate of drug-likeness (QED) is 0.838. The van der Waals surface area contributed by atoms with Crippen molar-refractivity contribution in [3.63, 3.8) is 0 Å². The molecule has 2 aromatic rings. The number of halogens is 1. The summed E-state index contributed by atoms with van der Waals surface area (Å²) in [4.78, 5) is 15.4. The second-order valence-electron chi connectivity index (χ2n) is 6.31. The van der Waals surface area contributed by atoms with E-state index in [9.17, 15) is 10.1 Å². The van der Waals surface area contributed by atoms with Gasteiger partial charge in [0.05, 0.1) is 6.07 Å². The SMILES string of the molecule is CN(C(=O)Cn1nnc(-c2cccc(Cl)c2)n1)C1(C#N)CCCCC1. The van der Waals surface area contributed by atoms with E-state index in [0.29, 0.717) is 23.7 Å². The molecule has 130 valence electrons. The van der Waals surface area contributed by atoms with E-state index in [1.165, 1.54) is 4.80 Å². The molecule has 1 aliphatic rings. The number of likely N-dealkylation sites (N-methyl/N-ethyl adjacent to an activating group) is 1. The van der Waals surface area contributed by atoms with Crippen molar-refractivity contribution in [2.24, 2.45) is 0 Å². The summed E-state index contributed by atoms with van der Waals surface area (Å²) in [5.41, 5.74) is 0.0198. The Labute approximate surface area is 151 Å². The van der Waals surface area contributed by atoms with E-state index in [2.05, 4.69) is 21.5 Å². The van der Waals surface area contributed by atoms with Gasteiger partial charge in [-0.25, -0.2) is 0 Å². The fraction of sp³-hybridized carbons (Fsp3) is 0.471. The lowest BCUT2D eigenvalue weighted by Gasteiger charge is -2.38. The number of carbonyl (C=O) groups is 1. The Hall–Kier alpha value is -2.46. The Kier molecular flexibility index (Phi) is 5.00. The average Bonchev–Trinajstić information content (AvgIpc) is 3.10. The van der Waals surface area contributed by atoms with Crippen LogP contribution < -0.4 is 0 Å². The molecular formula is C17H19ClN6O.